The average molecular weight is 297 g/mol. The predicted molar refractivity (Wildman–Crippen MR) is 77.4 cm³/mol. The zero-order valence-corrected chi connectivity index (χ0v) is 12.0. The second kappa shape index (κ2) is 6.13. The fourth-order valence-electron chi connectivity index (χ4n) is 1.97. The van der Waals surface area contributed by atoms with E-state index in [2.05, 4.69) is 5.32 Å². The molecule has 108 valence electrons. The molecule has 20 heavy (non-hydrogen) atoms. The van der Waals surface area contributed by atoms with Crippen molar-refractivity contribution in [3.63, 3.8) is 0 Å². The Hall–Kier alpha value is -1.75. The average Bonchev–Trinajstić information content (AvgIpc) is 3.19. The van der Waals surface area contributed by atoms with Gasteiger partial charge in [0.1, 0.15) is 0 Å². The summed E-state index contributed by atoms with van der Waals surface area (Å²) < 4.78 is 0. The Morgan fingerprint density at radius 3 is 2.70 bits per heavy atom. The minimum atomic E-state index is -1.10. The quantitative estimate of drug-likeness (QED) is 0.876. The molecule has 2 N–H and O–H groups in total. The number of hydrogen-bond acceptors (Lipinski definition) is 2. The first-order valence-corrected chi connectivity index (χ1v) is 6.97. The number of rotatable bonds is 5. The highest BCUT2D eigenvalue weighted by Crippen LogP contribution is 2.30. The summed E-state index contributed by atoms with van der Waals surface area (Å²) in [6.45, 7) is 3.20. The van der Waals surface area contributed by atoms with Gasteiger partial charge in [-0.25, -0.2) is 9.59 Å². The van der Waals surface area contributed by atoms with Crippen LogP contribution in [0.5, 0.6) is 0 Å². The van der Waals surface area contributed by atoms with E-state index in [1.807, 2.05) is 6.92 Å². The number of benzene rings is 1. The van der Waals surface area contributed by atoms with Gasteiger partial charge in [0.2, 0.25) is 0 Å². The van der Waals surface area contributed by atoms with Crippen LogP contribution >= 0.6 is 11.6 Å². The first-order chi connectivity index (χ1) is 9.51. The number of nitrogens with zero attached hydrogens (tertiary/aromatic N) is 1. The van der Waals surface area contributed by atoms with Gasteiger partial charge in [-0.1, -0.05) is 11.6 Å². The molecule has 2 rings (SSSR count). The highest BCUT2D eigenvalue weighted by Gasteiger charge is 2.26. The van der Waals surface area contributed by atoms with Gasteiger partial charge in [0.15, 0.2) is 0 Å². The molecule has 0 bridgehead atoms. The Labute approximate surface area is 122 Å². The Kier molecular flexibility index (Phi) is 4.49. The van der Waals surface area contributed by atoms with E-state index in [1.54, 1.807) is 4.90 Å². The van der Waals surface area contributed by atoms with E-state index in [0.29, 0.717) is 24.0 Å². The number of amides is 2. The van der Waals surface area contributed by atoms with Gasteiger partial charge in [-0.15, -0.1) is 0 Å². The van der Waals surface area contributed by atoms with Crippen molar-refractivity contribution in [2.24, 2.45) is 5.92 Å². The van der Waals surface area contributed by atoms with Gasteiger partial charge in [-0.3, -0.25) is 0 Å². The number of aromatic carboxylic acids is 1. The lowest BCUT2D eigenvalue weighted by molar-refractivity contribution is 0.0698. The van der Waals surface area contributed by atoms with Gasteiger partial charge in [0.25, 0.3) is 0 Å². The monoisotopic (exact) mass is 296 g/mol. The summed E-state index contributed by atoms with van der Waals surface area (Å²) in [5.74, 6) is -0.513. The lowest BCUT2D eigenvalue weighted by Crippen LogP contribution is -2.36. The van der Waals surface area contributed by atoms with Gasteiger partial charge >= 0.3 is 12.0 Å². The standard InChI is InChI=1S/C14H17ClN2O3/c1-2-17(8-9-3-4-9)14(20)16-12-7-10(15)5-6-11(12)13(18)19/h5-7,9H,2-4,8H2,1H3,(H,16,20)(H,18,19). The number of urea groups is 1. The zero-order valence-electron chi connectivity index (χ0n) is 11.2. The van der Waals surface area contributed by atoms with Crippen molar-refractivity contribution in [2.75, 3.05) is 18.4 Å². The SMILES string of the molecule is CCN(CC1CC1)C(=O)Nc1cc(Cl)ccc1C(=O)O. The molecule has 0 atom stereocenters. The van der Waals surface area contributed by atoms with Gasteiger partial charge in [0, 0.05) is 18.1 Å². The molecule has 1 aromatic rings. The normalized spacial score (nSPS) is 13.9. The van der Waals surface area contributed by atoms with Crippen LogP contribution in [0, 0.1) is 5.92 Å². The van der Waals surface area contributed by atoms with Gasteiger partial charge in [-0.2, -0.15) is 0 Å². The summed E-state index contributed by atoms with van der Waals surface area (Å²) >= 11 is 5.85. The number of nitrogens with one attached hydrogen (secondary N) is 1. The van der Waals surface area contributed by atoms with Crippen molar-refractivity contribution in [3.8, 4) is 0 Å². The summed E-state index contributed by atoms with van der Waals surface area (Å²) in [5.41, 5.74) is 0.259. The summed E-state index contributed by atoms with van der Waals surface area (Å²) in [6.07, 6.45) is 2.31. The van der Waals surface area contributed by atoms with Gasteiger partial charge in [-0.05, 0) is 43.9 Å². The molecule has 1 aromatic carbocycles. The molecule has 0 unspecified atom stereocenters. The maximum absolute atomic E-state index is 12.2. The molecule has 0 saturated heterocycles. The third-order valence-electron chi connectivity index (χ3n) is 3.30. The Balaban J connectivity index is 2.12. The summed E-state index contributed by atoms with van der Waals surface area (Å²) in [7, 11) is 0. The van der Waals surface area contributed by atoms with Crippen molar-refractivity contribution >= 4 is 29.3 Å². The van der Waals surface area contributed by atoms with E-state index in [0.717, 1.165) is 12.8 Å². The zero-order chi connectivity index (χ0) is 14.7. The highest BCUT2D eigenvalue weighted by molar-refractivity contribution is 6.31. The van der Waals surface area contributed by atoms with Crippen molar-refractivity contribution in [2.45, 2.75) is 19.8 Å². The minimum absolute atomic E-state index is 0.0326. The minimum Gasteiger partial charge on any atom is -0.478 e. The van der Waals surface area contributed by atoms with Crippen LogP contribution in [0.3, 0.4) is 0 Å². The third kappa shape index (κ3) is 3.63. The Bertz CT molecular complexity index is 529. The molecular formula is C14H17ClN2O3. The summed E-state index contributed by atoms with van der Waals surface area (Å²) in [5, 5.41) is 12.1. The Morgan fingerprint density at radius 1 is 1.45 bits per heavy atom. The molecule has 0 radical (unpaired) electrons. The fraction of sp³-hybridized carbons (Fsp3) is 0.429. The second-order valence-corrected chi connectivity index (χ2v) is 5.34. The van der Waals surface area contributed by atoms with Crippen molar-refractivity contribution < 1.29 is 14.7 Å². The second-order valence-electron chi connectivity index (χ2n) is 4.91. The van der Waals surface area contributed by atoms with Crippen LogP contribution in [0.25, 0.3) is 0 Å². The smallest absolute Gasteiger partial charge is 0.337 e. The molecule has 0 aliphatic heterocycles. The summed E-state index contributed by atoms with van der Waals surface area (Å²) in [4.78, 5) is 25.0. The number of carboxylic acid groups (broad SMARTS) is 1. The van der Waals surface area contributed by atoms with E-state index in [-0.39, 0.29) is 17.3 Å². The van der Waals surface area contributed by atoms with Crippen LogP contribution in [0.1, 0.15) is 30.1 Å². The highest BCUT2D eigenvalue weighted by atomic mass is 35.5. The van der Waals surface area contributed by atoms with Crippen LogP contribution in [0.2, 0.25) is 5.02 Å². The largest absolute Gasteiger partial charge is 0.478 e. The number of carbonyl (C=O) groups excluding carboxylic acids is 1. The molecule has 1 aliphatic rings. The molecule has 0 aromatic heterocycles. The number of anilines is 1. The topological polar surface area (TPSA) is 69.6 Å². The van der Waals surface area contributed by atoms with E-state index < -0.39 is 5.97 Å². The lowest BCUT2D eigenvalue weighted by atomic mass is 10.2. The van der Waals surface area contributed by atoms with Crippen molar-refractivity contribution in [1.29, 1.82) is 0 Å². The molecule has 1 fully saturated rings. The first kappa shape index (κ1) is 14.7. The lowest BCUT2D eigenvalue weighted by Gasteiger charge is -2.21. The third-order valence-corrected chi connectivity index (χ3v) is 3.53. The van der Waals surface area contributed by atoms with E-state index in [4.69, 9.17) is 16.7 Å². The van der Waals surface area contributed by atoms with Crippen LogP contribution in [0.4, 0.5) is 10.5 Å². The molecule has 6 heteroatoms. The molecule has 1 aliphatic carbocycles. The molecule has 0 spiro atoms. The number of halogens is 1. The summed E-state index contributed by atoms with van der Waals surface area (Å²) in [6, 6.07) is 4.04. The predicted octanol–water partition coefficient (Wildman–Crippen LogP) is 3.30. The van der Waals surface area contributed by atoms with Crippen LogP contribution in [-0.2, 0) is 0 Å². The van der Waals surface area contributed by atoms with Crippen LogP contribution in [0.15, 0.2) is 18.2 Å². The molecule has 0 heterocycles. The fourth-order valence-corrected chi connectivity index (χ4v) is 2.14. The molecule has 2 amide bonds. The number of hydrogen-bond donors (Lipinski definition) is 2. The van der Waals surface area contributed by atoms with E-state index in [1.165, 1.54) is 18.2 Å². The van der Waals surface area contributed by atoms with E-state index in [9.17, 15) is 9.59 Å². The first-order valence-electron chi connectivity index (χ1n) is 6.60. The maximum Gasteiger partial charge on any atom is 0.337 e. The van der Waals surface area contributed by atoms with Crippen LogP contribution < -0.4 is 5.32 Å². The number of carbonyl (C=O) groups is 2. The molecule has 5 nitrogen and oxygen atoms in total. The maximum atomic E-state index is 12.2. The van der Waals surface area contributed by atoms with E-state index >= 15 is 0 Å². The van der Waals surface area contributed by atoms with Crippen molar-refractivity contribution in [3.05, 3.63) is 28.8 Å². The van der Waals surface area contributed by atoms with Gasteiger partial charge in [0.05, 0.1) is 11.3 Å². The Morgan fingerprint density at radius 2 is 2.15 bits per heavy atom. The van der Waals surface area contributed by atoms with Crippen LogP contribution in [-0.4, -0.2) is 35.1 Å². The number of carboxylic acids is 1. The molecule has 1 saturated carbocycles. The molecular weight excluding hydrogens is 280 g/mol. The van der Waals surface area contributed by atoms with Crippen molar-refractivity contribution in [1.82, 2.24) is 4.90 Å². The van der Waals surface area contributed by atoms with Gasteiger partial charge < -0.3 is 15.3 Å².